The summed E-state index contributed by atoms with van der Waals surface area (Å²) in [5.41, 5.74) is 2.18. The summed E-state index contributed by atoms with van der Waals surface area (Å²) in [6.07, 6.45) is 0. The Hall–Kier alpha value is -1.62. The number of benzene rings is 2. The number of ether oxygens (including phenoxy) is 1. The van der Waals surface area contributed by atoms with Crippen LogP contribution in [-0.4, -0.2) is 12.8 Å². The van der Waals surface area contributed by atoms with Gasteiger partial charge in [-0.1, -0.05) is 40.9 Å². The van der Waals surface area contributed by atoms with Crippen molar-refractivity contribution < 1.29 is 9.53 Å². The van der Waals surface area contributed by atoms with E-state index in [1.54, 1.807) is 30.3 Å². The zero-order chi connectivity index (χ0) is 17.0. The summed E-state index contributed by atoms with van der Waals surface area (Å²) in [5.74, 6) is 0.625. The van der Waals surface area contributed by atoms with Gasteiger partial charge in [0.2, 0.25) is 0 Å². The van der Waals surface area contributed by atoms with Crippen molar-refractivity contribution in [2.24, 2.45) is 0 Å². The number of urea groups is 1. The number of para-hydroxylation sites is 1. The van der Waals surface area contributed by atoms with E-state index in [9.17, 15) is 4.79 Å². The Labute approximate surface area is 149 Å². The Bertz CT molecular complexity index is 692. The number of nitrogens with one attached hydrogen (secondary N) is 2. The molecule has 2 aromatic rings. The second-order valence-corrected chi connectivity index (χ2v) is 6.08. The van der Waals surface area contributed by atoms with Gasteiger partial charge in [-0.25, -0.2) is 4.79 Å². The standard InChI is InChI=1S/C16H15Cl3N2O2/c1-9-6-11(7-10(2)14(9)19)23-8-20-16(22)21-15-12(17)4-3-5-13(15)18/h3-7H,8H2,1-2H3,(H2,20,21,22). The maximum Gasteiger partial charge on any atom is 0.321 e. The number of carbonyl (C=O) groups is 1. The number of hydrogen-bond donors (Lipinski definition) is 2. The quantitative estimate of drug-likeness (QED) is 0.703. The van der Waals surface area contributed by atoms with Gasteiger partial charge >= 0.3 is 6.03 Å². The van der Waals surface area contributed by atoms with Gasteiger partial charge in [0.25, 0.3) is 0 Å². The summed E-state index contributed by atoms with van der Waals surface area (Å²) in [6.45, 7) is 3.78. The fourth-order valence-corrected chi connectivity index (χ4v) is 2.55. The second-order valence-electron chi connectivity index (χ2n) is 4.89. The van der Waals surface area contributed by atoms with Crippen molar-refractivity contribution in [3.63, 3.8) is 0 Å². The molecule has 7 heteroatoms. The number of carbonyl (C=O) groups excluding carboxylic acids is 1. The van der Waals surface area contributed by atoms with Crippen molar-refractivity contribution in [3.8, 4) is 5.75 Å². The Morgan fingerprint density at radius 1 is 1.09 bits per heavy atom. The van der Waals surface area contributed by atoms with Crippen molar-refractivity contribution in [2.45, 2.75) is 13.8 Å². The van der Waals surface area contributed by atoms with E-state index in [1.807, 2.05) is 13.8 Å². The third-order valence-corrected chi connectivity index (χ3v) is 4.31. The van der Waals surface area contributed by atoms with E-state index >= 15 is 0 Å². The number of amides is 2. The molecule has 2 aromatic carbocycles. The molecule has 0 aromatic heterocycles. The lowest BCUT2D eigenvalue weighted by Crippen LogP contribution is -2.32. The molecule has 0 unspecified atom stereocenters. The van der Waals surface area contributed by atoms with Gasteiger partial charge in [-0.15, -0.1) is 0 Å². The van der Waals surface area contributed by atoms with E-state index in [4.69, 9.17) is 39.5 Å². The van der Waals surface area contributed by atoms with Gasteiger partial charge < -0.3 is 15.4 Å². The van der Waals surface area contributed by atoms with Crippen LogP contribution < -0.4 is 15.4 Å². The number of aryl methyl sites for hydroxylation is 2. The van der Waals surface area contributed by atoms with Crippen LogP contribution in [0.25, 0.3) is 0 Å². The van der Waals surface area contributed by atoms with E-state index in [1.165, 1.54) is 0 Å². The minimum Gasteiger partial charge on any atom is -0.473 e. The molecule has 0 heterocycles. The van der Waals surface area contributed by atoms with E-state index in [0.717, 1.165) is 11.1 Å². The topological polar surface area (TPSA) is 50.4 Å². The summed E-state index contributed by atoms with van der Waals surface area (Å²) >= 11 is 18.1. The third-order valence-electron chi connectivity index (χ3n) is 3.08. The molecule has 0 aliphatic heterocycles. The van der Waals surface area contributed by atoms with Crippen LogP contribution in [0.4, 0.5) is 10.5 Å². The first kappa shape index (κ1) is 17.7. The maximum absolute atomic E-state index is 11.9. The van der Waals surface area contributed by atoms with Gasteiger partial charge in [0.1, 0.15) is 5.75 Å². The van der Waals surface area contributed by atoms with Crippen LogP contribution in [0.15, 0.2) is 30.3 Å². The van der Waals surface area contributed by atoms with Gasteiger partial charge in [0.05, 0.1) is 15.7 Å². The largest absolute Gasteiger partial charge is 0.473 e. The highest BCUT2D eigenvalue weighted by Gasteiger charge is 2.09. The summed E-state index contributed by atoms with van der Waals surface area (Å²) in [6, 6.07) is 8.11. The van der Waals surface area contributed by atoms with Crippen molar-refractivity contribution in [2.75, 3.05) is 12.0 Å². The highest BCUT2D eigenvalue weighted by atomic mass is 35.5. The Morgan fingerprint density at radius 3 is 2.22 bits per heavy atom. The molecule has 122 valence electrons. The smallest absolute Gasteiger partial charge is 0.321 e. The second kappa shape index (κ2) is 7.77. The van der Waals surface area contributed by atoms with Gasteiger partial charge in [-0.2, -0.15) is 0 Å². The van der Waals surface area contributed by atoms with Crippen molar-refractivity contribution >= 4 is 46.5 Å². The predicted molar refractivity (Wildman–Crippen MR) is 95.0 cm³/mol. The first-order valence-electron chi connectivity index (χ1n) is 6.77. The molecule has 2 amide bonds. The predicted octanol–water partition coefficient (Wildman–Crippen LogP) is 5.42. The zero-order valence-corrected chi connectivity index (χ0v) is 14.8. The molecular formula is C16H15Cl3N2O2. The van der Waals surface area contributed by atoms with Crippen LogP contribution in [0.5, 0.6) is 5.75 Å². The Balaban J connectivity index is 1.90. The van der Waals surface area contributed by atoms with E-state index in [-0.39, 0.29) is 6.73 Å². The van der Waals surface area contributed by atoms with Gasteiger partial charge in [-0.05, 0) is 49.2 Å². The molecule has 0 atom stereocenters. The number of anilines is 1. The van der Waals surface area contributed by atoms with Crippen molar-refractivity contribution in [1.82, 2.24) is 5.32 Å². The molecule has 0 radical (unpaired) electrons. The van der Waals surface area contributed by atoms with Crippen LogP contribution in [0.1, 0.15) is 11.1 Å². The first-order valence-corrected chi connectivity index (χ1v) is 7.90. The lowest BCUT2D eigenvalue weighted by Gasteiger charge is -2.12. The van der Waals surface area contributed by atoms with Crippen molar-refractivity contribution in [1.29, 1.82) is 0 Å². The fraction of sp³-hybridized carbons (Fsp3) is 0.188. The SMILES string of the molecule is Cc1cc(OCNC(=O)Nc2c(Cl)cccc2Cl)cc(C)c1Cl. The summed E-state index contributed by atoms with van der Waals surface area (Å²) in [4.78, 5) is 11.9. The highest BCUT2D eigenvalue weighted by molar-refractivity contribution is 6.39. The van der Waals surface area contributed by atoms with Crippen LogP contribution in [0.3, 0.4) is 0 Å². The molecule has 0 aliphatic carbocycles. The Kier molecular flexibility index (Phi) is 5.99. The summed E-state index contributed by atoms with van der Waals surface area (Å²) < 4.78 is 5.49. The molecule has 4 nitrogen and oxygen atoms in total. The average Bonchev–Trinajstić information content (AvgIpc) is 2.48. The van der Waals surface area contributed by atoms with Crippen LogP contribution in [0, 0.1) is 13.8 Å². The molecule has 0 fully saturated rings. The molecule has 0 spiro atoms. The fourth-order valence-electron chi connectivity index (χ4n) is 1.95. The monoisotopic (exact) mass is 372 g/mol. The lowest BCUT2D eigenvalue weighted by molar-refractivity contribution is 0.234. The summed E-state index contributed by atoms with van der Waals surface area (Å²) in [5, 5.41) is 6.57. The van der Waals surface area contributed by atoms with Gasteiger partial charge in [-0.3, -0.25) is 0 Å². The third kappa shape index (κ3) is 4.67. The molecule has 0 aliphatic rings. The van der Waals surface area contributed by atoms with Crippen LogP contribution in [0.2, 0.25) is 15.1 Å². The van der Waals surface area contributed by atoms with E-state index in [0.29, 0.717) is 26.5 Å². The average molecular weight is 374 g/mol. The van der Waals surface area contributed by atoms with E-state index < -0.39 is 6.03 Å². The van der Waals surface area contributed by atoms with E-state index in [2.05, 4.69) is 10.6 Å². The molecular weight excluding hydrogens is 359 g/mol. The summed E-state index contributed by atoms with van der Waals surface area (Å²) in [7, 11) is 0. The molecule has 23 heavy (non-hydrogen) atoms. The maximum atomic E-state index is 11.9. The van der Waals surface area contributed by atoms with Gasteiger partial charge in [0.15, 0.2) is 6.73 Å². The number of hydrogen-bond acceptors (Lipinski definition) is 2. The van der Waals surface area contributed by atoms with Gasteiger partial charge in [0, 0.05) is 5.02 Å². The molecule has 0 saturated carbocycles. The number of rotatable bonds is 4. The molecule has 0 saturated heterocycles. The lowest BCUT2D eigenvalue weighted by atomic mass is 10.1. The highest BCUT2D eigenvalue weighted by Crippen LogP contribution is 2.29. The molecule has 2 rings (SSSR count). The minimum absolute atomic E-state index is 0.00554. The first-order chi connectivity index (χ1) is 10.9. The normalized spacial score (nSPS) is 10.3. The minimum atomic E-state index is -0.470. The van der Waals surface area contributed by atoms with Crippen molar-refractivity contribution in [3.05, 3.63) is 56.5 Å². The zero-order valence-electron chi connectivity index (χ0n) is 12.5. The molecule has 0 bridgehead atoms. The van der Waals surface area contributed by atoms with Crippen LogP contribution in [-0.2, 0) is 0 Å². The Morgan fingerprint density at radius 2 is 1.65 bits per heavy atom. The number of halogens is 3. The molecule has 2 N–H and O–H groups in total. The van der Waals surface area contributed by atoms with Crippen LogP contribution >= 0.6 is 34.8 Å².